The number of aromatic nitrogens is 1. The van der Waals surface area contributed by atoms with Crippen LogP contribution in [0.5, 0.6) is 0 Å². The molecule has 1 aliphatic heterocycles. The highest BCUT2D eigenvalue weighted by Crippen LogP contribution is 2.40. The summed E-state index contributed by atoms with van der Waals surface area (Å²) in [7, 11) is 2.10. The third kappa shape index (κ3) is 8.57. The Morgan fingerprint density at radius 3 is 2.46 bits per heavy atom. The van der Waals surface area contributed by atoms with Gasteiger partial charge in [0.15, 0.2) is 6.20 Å². The van der Waals surface area contributed by atoms with Gasteiger partial charge in [-0.3, -0.25) is 9.98 Å². The molecule has 0 radical (unpaired) electrons. The van der Waals surface area contributed by atoms with Gasteiger partial charge in [-0.05, 0) is 95.1 Å². The van der Waals surface area contributed by atoms with Gasteiger partial charge in [0.1, 0.15) is 7.05 Å². The zero-order chi connectivity index (χ0) is 29.8. The molecule has 0 bridgehead atoms. The zero-order valence-electron chi connectivity index (χ0n) is 26.3. The van der Waals surface area contributed by atoms with E-state index in [0.717, 1.165) is 30.7 Å². The van der Waals surface area contributed by atoms with E-state index in [1.54, 1.807) is 0 Å². The molecule has 3 nitrogen and oxygen atoms in total. The maximum Gasteiger partial charge on any atom is 0.212 e. The first kappa shape index (κ1) is 31.7. The van der Waals surface area contributed by atoms with Gasteiger partial charge < -0.3 is 0 Å². The third-order valence-electron chi connectivity index (χ3n) is 7.39. The number of nitrogens with zero attached hydrogens (tertiary/aromatic N) is 3. The standard InChI is InChI=1S/C21H23N2.C12H15N.C5H10/c1-6-16-17-11-10-15(4)21(20-9-7-8-12-23(20)5)18(17)13-19(16)22-14(2)3;1-10-7-8-12(13-9-10)11-5-3-2-4-6-11;1-3-5-4-2/h6-12H,1,13H2,2-5H3;2-3,5,9H,4,6-8H2,1H3;3,5H,4H2,1-2H3/q+1;;. The SMILES string of the molecule is C=CC1=C(N=C(C)C)Cc2c1ccc(C)c2-c1cccc[n+]1C.CC1=CN=C(C2=CC=CCC2)CC1.CC=CCC. The highest BCUT2D eigenvalue weighted by Gasteiger charge is 2.26. The maximum atomic E-state index is 4.75. The van der Waals surface area contributed by atoms with Crippen molar-refractivity contribution in [3.05, 3.63) is 119 Å². The fourth-order valence-electron chi connectivity index (χ4n) is 5.31. The Hall–Kier alpha value is -3.85. The number of benzene rings is 1. The monoisotopic (exact) mass is 546 g/mol. The molecule has 0 spiro atoms. The molecule has 2 aliphatic carbocycles. The van der Waals surface area contributed by atoms with Crippen LogP contribution in [0.3, 0.4) is 0 Å². The number of aliphatic imine (C=N–C) groups is 2. The lowest BCUT2D eigenvalue weighted by Gasteiger charge is -2.15. The van der Waals surface area contributed by atoms with Crippen LogP contribution in [-0.4, -0.2) is 11.4 Å². The first-order valence-electron chi connectivity index (χ1n) is 15.0. The Morgan fingerprint density at radius 2 is 1.90 bits per heavy atom. The van der Waals surface area contributed by atoms with Crippen LogP contribution in [0.2, 0.25) is 0 Å². The largest absolute Gasteiger partial charge is 0.262 e. The van der Waals surface area contributed by atoms with E-state index >= 15 is 0 Å². The number of hydrogen-bond acceptors (Lipinski definition) is 2. The first-order valence-corrected chi connectivity index (χ1v) is 15.0. The molecule has 3 aliphatic rings. The minimum Gasteiger partial charge on any atom is -0.262 e. The lowest BCUT2D eigenvalue weighted by molar-refractivity contribution is -0.660. The van der Waals surface area contributed by atoms with Crippen molar-refractivity contribution in [2.24, 2.45) is 17.0 Å². The third-order valence-corrected chi connectivity index (χ3v) is 7.39. The topological polar surface area (TPSA) is 28.6 Å². The van der Waals surface area contributed by atoms with E-state index < -0.39 is 0 Å². The van der Waals surface area contributed by atoms with Crippen LogP contribution in [0.1, 0.15) is 83.4 Å². The second-order valence-electron chi connectivity index (χ2n) is 11.0. The fraction of sp³-hybridized carbons (Fsp3) is 0.342. The van der Waals surface area contributed by atoms with Crippen LogP contribution in [0.15, 0.2) is 113 Å². The van der Waals surface area contributed by atoms with Crippen LogP contribution >= 0.6 is 0 Å². The van der Waals surface area contributed by atoms with Crippen molar-refractivity contribution in [2.75, 3.05) is 0 Å². The van der Waals surface area contributed by atoms with Crippen LogP contribution in [-0.2, 0) is 13.5 Å². The Balaban J connectivity index is 0.000000215. The number of pyridine rings is 1. The van der Waals surface area contributed by atoms with E-state index in [-0.39, 0.29) is 0 Å². The molecule has 3 heteroatoms. The molecular formula is C38H48N3+. The van der Waals surface area contributed by atoms with E-state index in [1.165, 1.54) is 69.6 Å². The predicted octanol–water partition coefficient (Wildman–Crippen LogP) is 9.79. The summed E-state index contributed by atoms with van der Waals surface area (Å²) in [6.07, 6.45) is 23.5. The van der Waals surface area contributed by atoms with E-state index in [2.05, 4.69) is 111 Å². The molecule has 0 amide bonds. The molecule has 41 heavy (non-hydrogen) atoms. The van der Waals surface area contributed by atoms with Gasteiger partial charge in [-0.1, -0.05) is 67.7 Å². The van der Waals surface area contributed by atoms with Crippen LogP contribution in [0, 0.1) is 6.92 Å². The van der Waals surface area contributed by atoms with Gasteiger partial charge in [-0.15, -0.1) is 0 Å². The number of hydrogen-bond donors (Lipinski definition) is 0. The van der Waals surface area contributed by atoms with Gasteiger partial charge in [0, 0.05) is 41.7 Å². The summed E-state index contributed by atoms with van der Waals surface area (Å²) < 4.78 is 2.18. The summed E-state index contributed by atoms with van der Waals surface area (Å²) in [6, 6.07) is 10.8. The van der Waals surface area contributed by atoms with Crippen molar-refractivity contribution in [1.82, 2.24) is 0 Å². The molecule has 1 aromatic heterocycles. The summed E-state index contributed by atoms with van der Waals surface area (Å²) >= 11 is 0. The average molecular weight is 547 g/mol. The molecule has 2 aromatic rings. The van der Waals surface area contributed by atoms with Crippen molar-refractivity contribution in [3.8, 4) is 11.3 Å². The Labute approximate surface area is 248 Å². The Morgan fingerprint density at radius 1 is 1.10 bits per heavy atom. The Kier molecular flexibility index (Phi) is 12.2. The summed E-state index contributed by atoms with van der Waals surface area (Å²) in [5, 5.41) is 0. The lowest BCUT2D eigenvalue weighted by Crippen LogP contribution is -2.30. The summed E-state index contributed by atoms with van der Waals surface area (Å²) in [4.78, 5) is 9.24. The second kappa shape index (κ2) is 15.8. The number of fused-ring (bicyclic) bond motifs is 1. The summed E-state index contributed by atoms with van der Waals surface area (Å²) in [6.45, 7) is 16.6. The van der Waals surface area contributed by atoms with Gasteiger partial charge in [0.2, 0.25) is 5.69 Å². The highest BCUT2D eigenvalue weighted by molar-refractivity contribution is 6.01. The lowest BCUT2D eigenvalue weighted by atomic mass is 9.93. The number of aryl methyl sites for hydroxylation is 2. The molecule has 0 N–H and O–H groups in total. The van der Waals surface area contributed by atoms with Crippen molar-refractivity contribution >= 4 is 17.0 Å². The fourth-order valence-corrected chi connectivity index (χ4v) is 5.31. The van der Waals surface area contributed by atoms with E-state index in [0.29, 0.717) is 0 Å². The minimum atomic E-state index is 0.869. The molecule has 0 fully saturated rings. The molecule has 0 saturated heterocycles. The average Bonchev–Trinajstić information content (AvgIpc) is 3.32. The minimum absolute atomic E-state index is 0.869. The predicted molar refractivity (Wildman–Crippen MR) is 179 cm³/mol. The summed E-state index contributed by atoms with van der Waals surface area (Å²) in [5.41, 5.74) is 14.0. The normalized spacial score (nSPS) is 15.5. The number of allylic oxidation sites excluding steroid dienone is 10. The van der Waals surface area contributed by atoms with Crippen molar-refractivity contribution in [1.29, 1.82) is 0 Å². The van der Waals surface area contributed by atoms with Crippen LogP contribution in [0.4, 0.5) is 0 Å². The smallest absolute Gasteiger partial charge is 0.212 e. The van der Waals surface area contributed by atoms with Gasteiger partial charge >= 0.3 is 0 Å². The van der Waals surface area contributed by atoms with E-state index in [9.17, 15) is 0 Å². The highest BCUT2D eigenvalue weighted by atomic mass is 14.9. The van der Waals surface area contributed by atoms with Crippen LogP contribution < -0.4 is 4.57 Å². The molecule has 2 heterocycles. The van der Waals surface area contributed by atoms with Crippen molar-refractivity contribution < 1.29 is 4.57 Å². The van der Waals surface area contributed by atoms with E-state index in [4.69, 9.17) is 4.99 Å². The zero-order valence-corrected chi connectivity index (χ0v) is 26.3. The molecule has 0 atom stereocenters. The second-order valence-corrected chi connectivity index (χ2v) is 11.0. The van der Waals surface area contributed by atoms with Crippen molar-refractivity contribution in [3.63, 3.8) is 0 Å². The Bertz CT molecular complexity index is 1450. The quantitative estimate of drug-likeness (QED) is 0.203. The molecule has 5 rings (SSSR count). The first-order chi connectivity index (χ1) is 19.8. The molecule has 0 saturated carbocycles. The van der Waals surface area contributed by atoms with Gasteiger partial charge in [-0.2, -0.15) is 0 Å². The molecule has 0 unspecified atom stereocenters. The van der Waals surface area contributed by atoms with Crippen molar-refractivity contribution in [2.45, 2.75) is 80.1 Å². The molecule has 1 aromatic carbocycles. The van der Waals surface area contributed by atoms with Crippen LogP contribution in [0.25, 0.3) is 16.8 Å². The molecular weight excluding hydrogens is 498 g/mol. The number of rotatable bonds is 5. The van der Waals surface area contributed by atoms with Gasteiger partial charge in [-0.25, -0.2) is 4.57 Å². The maximum absolute atomic E-state index is 4.75. The van der Waals surface area contributed by atoms with E-state index in [1.807, 2.05) is 33.0 Å². The molecule has 214 valence electrons. The van der Waals surface area contributed by atoms with Gasteiger partial charge in [0.05, 0.1) is 11.3 Å². The van der Waals surface area contributed by atoms with Gasteiger partial charge in [0.25, 0.3) is 0 Å². The summed E-state index contributed by atoms with van der Waals surface area (Å²) in [5.74, 6) is 0.